The molecule has 5 rings (SSSR count). The molecule has 42 heavy (non-hydrogen) atoms. The Hall–Kier alpha value is -4.30. The van der Waals surface area contributed by atoms with Gasteiger partial charge < -0.3 is 9.88 Å². The van der Waals surface area contributed by atoms with Crippen molar-refractivity contribution < 1.29 is 31.1 Å². The number of rotatable bonds is 5. The minimum absolute atomic E-state index is 0.0319. The topological polar surface area (TPSA) is 52.2 Å². The van der Waals surface area contributed by atoms with Gasteiger partial charge in [-0.05, 0) is 54.3 Å². The zero-order chi connectivity index (χ0) is 29.9. The van der Waals surface area contributed by atoms with Gasteiger partial charge in [-0.2, -0.15) is 26.3 Å². The number of halogens is 6. The molecule has 1 amide bonds. The van der Waals surface area contributed by atoms with E-state index in [1.807, 2.05) is 36.5 Å². The Labute approximate surface area is 238 Å². The van der Waals surface area contributed by atoms with E-state index in [0.717, 1.165) is 16.5 Å². The molecule has 5 nitrogen and oxygen atoms in total. The highest BCUT2D eigenvalue weighted by Gasteiger charge is 2.39. The number of aromatic amines is 1. The molecule has 2 aromatic heterocycles. The summed E-state index contributed by atoms with van der Waals surface area (Å²) in [4.78, 5) is 24.5. The number of para-hydroxylation sites is 1. The first-order valence-electron chi connectivity index (χ1n) is 13.3. The number of fused-ring (bicyclic) bond motifs is 1. The minimum Gasteiger partial charge on any atom is -0.361 e. The number of H-pyrrole nitrogens is 1. The maximum absolute atomic E-state index is 13.6. The van der Waals surface area contributed by atoms with Crippen LogP contribution in [0.4, 0.5) is 26.3 Å². The van der Waals surface area contributed by atoms with Gasteiger partial charge in [-0.25, -0.2) is 4.98 Å². The van der Waals surface area contributed by atoms with Gasteiger partial charge in [0.25, 0.3) is 5.91 Å². The molecule has 4 aromatic rings. The van der Waals surface area contributed by atoms with Crippen LogP contribution in [0.15, 0.2) is 73.1 Å². The average Bonchev–Trinajstić information content (AvgIpc) is 3.37. The van der Waals surface area contributed by atoms with E-state index in [0.29, 0.717) is 50.3 Å². The summed E-state index contributed by atoms with van der Waals surface area (Å²) in [5.74, 6) is 5.21. The first kappa shape index (κ1) is 29.2. The van der Waals surface area contributed by atoms with Crippen LogP contribution in [0, 0.1) is 11.8 Å². The number of benzene rings is 2. The Morgan fingerprint density at radius 3 is 2.36 bits per heavy atom. The molecule has 1 aliphatic rings. The summed E-state index contributed by atoms with van der Waals surface area (Å²) in [7, 11) is 0. The minimum atomic E-state index is -5.05. The molecule has 1 aliphatic heterocycles. The highest BCUT2D eigenvalue weighted by molar-refractivity contribution is 5.95. The second-order valence-corrected chi connectivity index (χ2v) is 10.1. The molecule has 0 radical (unpaired) electrons. The van der Waals surface area contributed by atoms with Crippen molar-refractivity contribution >= 4 is 16.8 Å². The predicted octanol–water partition coefficient (Wildman–Crippen LogP) is 6.41. The van der Waals surface area contributed by atoms with Gasteiger partial charge in [0.2, 0.25) is 0 Å². The van der Waals surface area contributed by atoms with Crippen LogP contribution >= 0.6 is 0 Å². The molecule has 218 valence electrons. The molecule has 0 aliphatic carbocycles. The van der Waals surface area contributed by atoms with E-state index in [4.69, 9.17) is 0 Å². The zero-order valence-corrected chi connectivity index (χ0v) is 22.3. The molecule has 0 spiro atoms. The Morgan fingerprint density at radius 2 is 1.67 bits per heavy atom. The number of piperazine rings is 1. The summed E-state index contributed by atoms with van der Waals surface area (Å²) < 4.78 is 81.1. The third-order valence-electron chi connectivity index (χ3n) is 7.23. The van der Waals surface area contributed by atoms with Crippen LogP contribution < -0.4 is 0 Å². The summed E-state index contributed by atoms with van der Waals surface area (Å²) in [6.07, 6.45) is -5.75. The number of carbonyl (C=O) groups is 1. The standard InChI is InChI=1S/C31H26F6N4O/c32-30(33,34)23-15-21(16-24(18-23)31(35,36)37)29(42)41-14-13-40(12-6-4-8-25-7-3-5-11-38-25)20-26(41)17-22-19-39-28-10-2-1-9-27(22)28/h1-3,5,7,9-11,15-16,18-19,26,39H,6,12-14,17,20H2/t26-/m1/s1. The van der Waals surface area contributed by atoms with Crippen molar-refractivity contribution in [1.29, 1.82) is 0 Å². The summed E-state index contributed by atoms with van der Waals surface area (Å²) in [6, 6.07) is 13.5. The summed E-state index contributed by atoms with van der Waals surface area (Å²) >= 11 is 0. The number of alkyl halides is 6. The summed E-state index contributed by atoms with van der Waals surface area (Å²) in [5, 5.41) is 0.932. The number of nitrogens with one attached hydrogen (secondary N) is 1. The van der Waals surface area contributed by atoms with Gasteiger partial charge in [-0.3, -0.25) is 9.69 Å². The Morgan fingerprint density at radius 1 is 0.952 bits per heavy atom. The number of hydrogen-bond donors (Lipinski definition) is 1. The van der Waals surface area contributed by atoms with Crippen LogP contribution in [0.5, 0.6) is 0 Å². The van der Waals surface area contributed by atoms with Crippen molar-refractivity contribution in [3.05, 3.63) is 101 Å². The third kappa shape index (κ3) is 6.77. The van der Waals surface area contributed by atoms with Gasteiger partial charge in [0.15, 0.2) is 0 Å². The lowest BCUT2D eigenvalue weighted by Gasteiger charge is -2.41. The van der Waals surface area contributed by atoms with Crippen molar-refractivity contribution in [1.82, 2.24) is 19.8 Å². The van der Waals surface area contributed by atoms with Gasteiger partial charge >= 0.3 is 12.4 Å². The lowest BCUT2D eigenvalue weighted by molar-refractivity contribution is -0.143. The number of pyridine rings is 1. The highest BCUT2D eigenvalue weighted by atomic mass is 19.4. The predicted molar refractivity (Wildman–Crippen MR) is 145 cm³/mol. The van der Waals surface area contributed by atoms with Crippen LogP contribution in [-0.2, 0) is 18.8 Å². The molecular weight excluding hydrogens is 558 g/mol. The Balaban J connectivity index is 1.41. The average molecular weight is 585 g/mol. The molecule has 1 N–H and O–H groups in total. The third-order valence-corrected chi connectivity index (χ3v) is 7.23. The molecule has 1 fully saturated rings. The molecule has 2 aromatic carbocycles. The van der Waals surface area contributed by atoms with E-state index in [9.17, 15) is 31.1 Å². The van der Waals surface area contributed by atoms with E-state index in [1.165, 1.54) is 4.90 Å². The van der Waals surface area contributed by atoms with Gasteiger partial charge in [-0.15, -0.1) is 0 Å². The number of hydrogen-bond acceptors (Lipinski definition) is 3. The number of nitrogens with zero attached hydrogens (tertiary/aromatic N) is 3. The maximum atomic E-state index is 13.6. The SMILES string of the molecule is O=C(c1cc(C(F)(F)F)cc(C(F)(F)F)c1)N1CCN(CCC#Cc2ccccn2)C[C@H]1Cc1c[nH]c2ccccc12. The molecule has 11 heteroatoms. The largest absolute Gasteiger partial charge is 0.416 e. The van der Waals surface area contributed by atoms with Crippen LogP contribution in [0.2, 0.25) is 0 Å². The fourth-order valence-corrected chi connectivity index (χ4v) is 5.17. The normalized spacial score (nSPS) is 16.3. The van der Waals surface area contributed by atoms with Crippen LogP contribution in [0.1, 0.15) is 39.2 Å². The lowest BCUT2D eigenvalue weighted by Crippen LogP contribution is -2.56. The van der Waals surface area contributed by atoms with Crippen LogP contribution in [-0.4, -0.2) is 57.9 Å². The monoisotopic (exact) mass is 584 g/mol. The first-order valence-corrected chi connectivity index (χ1v) is 13.3. The molecule has 0 bridgehead atoms. The molecule has 0 unspecified atom stereocenters. The van der Waals surface area contributed by atoms with Crippen LogP contribution in [0.3, 0.4) is 0 Å². The molecule has 1 atom stereocenters. The zero-order valence-electron chi connectivity index (χ0n) is 22.3. The Bertz CT molecular complexity index is 1590. The van der Waals surface area contributed by atoms with Crippen LogP contribution in [0.25, 0.3) is 10.9 Å². The highest BCUT2D eigenvalue weighted by Crippen LogP contribution is 2.37. The van der Waals surface area contributed by atoms with E-state index in [-0.39, 0.29) is 12.6 Å². The first-order chi connectivity index (χ1) is 20.0. The van der Waals surface area contributed by atoms with Crippen molar-refractivity contribution in [2.75, 3.05) is 26.2 Å². The Kier molecular flexibility index (Phi) is 8.27. The van der Waals surface area contributed by atoms with Gasteiger partial charge in [0, 0.05) is 67.5 Å². The van der Waals surface area contributed by atoms with Gasteiger partial charge in [-0.1, -0.05) is 30.2 Å². The van der Waals surface area contributed by atoms with Gasteiger partial charge in [0.1, 0.15) is 5.69 Å². The van der Waals surface area contributed by atoms with E-state index >= 15 is 0 Å². The quantitative estimate of drug-likeness (QED) is 0.218. The van der Waals surface area contributed by atoms with Crippen molar-refractivity contribution in [3.63, 3.8) is 0 Å². The summed E-state index contributed by atoms with van der Waals surface area (Å²) in [6.45, 7) is 1.49. The van der Waals surface area contributed by atoms with E-state index < -0.39 is 41.0 Å². The number of aromatic nitrogens is 2. The van der Waals surface area contributed by atoms with Crippen molar-refractivity contribution in [2.45, 2.75) is 31.2 Å². The summed E-state index contributed by atoms with van der Waals surface area (Å²) in [5.41, 5.74) is -1.25. The molecular formula is C31H26F6N4O. The number of amides is 1. The maximum Gasteiger partial charge on any atom is 0.416 e. The van der Waals surface area contributed by atoms with Gasteiger partial charge in [0.05, 0.1) is 11.1 Å². The van der Waals surface area contributed by atoms with E-state index in [2.05, 4.69) is 26.7 Å². The van der Waals surface area contributed by atoms with E-state index in [1.54, 1.807) is 18.3 Å². The fourth-order valence-electron chi connectivity index (χ4n) is 5.17. The number of carbonyl (C=O) groups excluding carboxylic acids is 1. The molecule has 1 saturated heterocycles. The van der Waals surface area contributed by atoms with Crippen molar-refractivity contribution in [3.8, 4) is 11.8 Å². The second kappa shape index (κ2) is 11.9. The second-order valence-electron chi connectivity index (χ2n) is 10.1. The molecule has 0 saturated carbocycles. The van der Waals surface area contributed by atoms with Crippen molar-refractivity contribution in [2.24, 2.45) is 0 Å². The fraction of sp³-hybridized carbons (Fsp3) is 0.290. The lowest BCUT2D eigenvalue weighted by atomic mass is 9.98. The molecule has 3 heterocycles. The smallest absolute Gasteiger partial charge is 0.361 e.